The molecular formula is C18H37N3. The van der Waals surface area contributed by atoms with Gasteiger partial charge in [-0.1, -0.05) is 40.0 Å². The lowest BCUT2D eigenvalue weighted by atomic mass is 9.84. The molecule has 0 aromatic heterocycles. The quantitative estimate of drug-likeness (QED) is 0.813. The van der Waals surface area contributed by atoms with Crippen LogP contribution in [-0.2, 0) is 0 Å². The van der Waals surface area contributed by atoms with Crippen molar-refractivity contribution in [1.29, 1.82) is 0 Å². The van der Waals surface area contributed by atoms with Crippen molar-refractivity contribution in [2.75, 3.05) is 39.8 Å². The van der Waals surface area contributed by atoms with E-state index < -0.39 is 0 Å². The molecule has 2 rings (SSSR count). The van der Waals surface area contributed by atoms with E-state index in [1.54, 1.807) is 0 Å². The van der Waals surface area contributed by atoms with Crippen molar-refractivity contribution >= 4 is 0 Å². The van der Waals surface area contributed by atoms with Gasteiger partial charge in [-0.2, -0.15) is 0 Å². The van der Waals surface area contributed by atoms with Crippen LogP contribution in [0.1, 0.15) is 52.9 Å². The Labute approximate surface area is 132 Å². The fourth-order valence-electron chi connectivity index (χ4n) is 4.07. The van der Waals surface area contributed by atoms with Crippen LogP contribution in [0.5, 0.6) is 0 Å². The number of likely N-dealkylation sites (N-methyl/N-ethyl adjacent to an activating group) is 1. The normalized spacial score (nSPS) is 30.7. The van der Waals surface area contributed by atoms with E-state index in [-0.39, 0.29) is 0 Å². The summed E-state index contributed by atoms with van der Waals surface area (Å²) in [5.74, 6) is 1.71. The summed E-state index contributed by atoms with van der Waals surface area (Å²) in [6.45, 7) is 13.2. The first-order valence-electron chi connectivity index (χ1n) is 9.26. The smallest absolute Gasteiger partial charge is 0.0244 e. The molecule has 1 aliphatic carbocycles. The molecule has 1 saturated heterocycles. The molecule has 3 atom stereocenters. The molecule has 1 saturated carbocycles. The summed E-state index contributed by atoms with van der Waals surface area (Å²) in [7, 11) is 2.24. The zero-order valence-electron chi connectivity index (χ0n) is 14.8. The topological polar surface area (TPSA) is 18.5 Å². The lowest BCUT2D eigenvalue weighted by molar-refractivity contribution is 0.0841. The third-order valence-electron chi connectivity index (χ3n) is 5.75. The van der Waals surface area contributed by atoms with E-state index in [1.165, 1.54) is 64.8 Å². The molecule has 3 nitrogen and oxygen atoms in total. The summed E-state index contributed by atoms with van der Waals surface area (Å²) in [4.78, 5) is 5.17. The highest BCUT2D eigenvalue weighted by Crippen LogP contribution is 2.26. The first-order chi connectivity index (χ1) is 10.1. The van der Waals surface area contributed by atoms with Crippen LogP contribution >= 0.6 is 0 Å². The molecule has 3 heteroatoms. The Bertz CT molecular complexity index is 284. The molecule has 0 bridgehead atoms. The largest absolute Gasteiger partial charge is 0.312 e. The average molecular weight is 296 g/mol. The van der Waals surface area contributed by atoms with Crippen LogP contribution in [0.4, 0.5) is 0 Å². The van der Waals surface area contributed by atoms with Gasteiger partial charge in [-0.15, -0.1) is 0 Å². The minimum Gasteiger partial charge on any atom is -0.312 e. The number of rotatable bonds is 6. The Morgan fingerprint density at radius 2 is 1.81 bits per heavy atom. The van der Waals surface area contributed by atoms with E-state index in [2.05, 4.69) is 42.9 Å². The maximum atomic E-state index is 3.92. The molecule has 0 radical (unpaired) electrons. The lowest BCUT2D eigenvalue weighted by Gasteiger charge is -2.41. The van der Waals surface area contributed by atoms with Gasteiger partial charge in [-0.25, -0.2) is 0 Å². The molecule has 0 aromatic carbocycles. The van der Waals surface area contributed by atoms with E-state index in [1.807, 2.05) is 0 Å². The summed E-state index contributed by atoms with van der Waals surface area (Å²) in [6, 6.07) is 1.48. The van der Waals surface area contributed by atoms with E-state index in [9.17, 15) is 0 Å². The Balaban J connectivity index is 1.80. The standard InChI is InChI=1S/C18H37N3/c1-5-16-7-6-8-17(13-16)19-14-18(15(2)3)21-11-9-20(4)10-12-21/h15-19H,5-14H2,1-4H3. The molecule has 1 N–H and O–H groups in total. The molecule has 0 spiro atoms. The monoisotopic (exact) mass is 295 g/mol. The molecule has 21 heavy (non-hydrogen) atoms. The predicted molar refractivity (Wildman–Crippen MR) is 91.7 cm³/mol. The van der Waals surface area contributed by atoms with E-state index in [0.29, 0.717) is 6.04 Å². The number of piperazine rings is 1. The maximum Gasteiger partial charge on any atom is 0.0244 e. The lowest BCUT2D eigenvalue weighted by Crippen LogP contribution is -2.54. The maximum absolute atomic E-state index is 3.92. The second kappa shape index (κ2) is 8.50. The fourth-order valence-corrected chi connectivity index (χ4v) is 4.07. The SMILES string of the molecule is CCC1CCCC(NCC(C(C)C)N2CCN(C)CC2)C1. The highest BCUT2D eigenvalue weighted by Gasteiger charge is 2.27. The molecule has 2 aliphatic rings. The minimum absolute atomic E-state index is 0.709. The molecule has 1 heterocycles. The van der Waals surface area contributed by atoms with Crippen LogP contribution in [-0.4, -0.2) is 61.7 Å². The van der Waals surface area contributed by atoms with Crippen molar-refractivity contribution in [2.45, 2.75) is 65.0 Å². The third-order valence-corrected chi connectivity index (χ3v) is 5.75. The first-order valence-corrected chi connectivity index (χ1v) is 9.26. The summed E-state index contributed by atoms with van der Waals surface area (Å²) in [5.41, 5.74) is 0. The molecule has 124 valence electrons. The van der Waals surface area contributed by atoms with Gasteiger partial charge in [-0.05, 0) is 31.7 Å². The van der Waals surface area contributed by atoms with Gasteiger partial charge >= 0.3 is 0 Å². The van der Waals surface area contributed by atoms with Crippen molar-refractivity contribution in [1.82, 2.24) is 15.1 Å². The first kappa shape index (κ1) is 17.2. The van der Waals surface area contributed by atoms with E-state index in [4.69, 9.17) is 0 Å². The minimum atomic E-state index is 0.709. The van der Waals surface area contributed by atoms with Crippen molar-refractivity contribution in [3.63, 3.8) is 0 Å². The highest BCUT2D eigenvalue weighted by molar-refractivity contribution is 4.84. The number of nitrogens with one attached hydrogen (secondary N) is 1. The van der Waals surface area contributed by atoms with E-state index >= 15 is 0 Å². The molecule has 3 unspecified atom stereocenters. The second-order valence-corrected chi connectivity index (χ2v) is 7.70. The molecule has 0 amide bonds. The molecule has 0 aromatic rings. The average Bonchev–Trinajstić information content (AvgIpc) is 2.49. The Morgan fingerprint density at radius 3 is 2.43 bits per heavy atom. The van der Waals surface area contributed by atoms with Crippen LogP contribution in [0.15, 0.2) is 0 Å². The van der Waals surface area contributed by atoms with Crippen LogP contribution in [0.25, 0.3) is 0 Å². The van der Waals surface area contributed by atoms with Gasteiger partial charge in [0, 0.05) is 44.8 Å². The van der Waals surface area contributed by atoms with Crippen molar-refractivity contribution in [3.05, 3.63) is 0 Å². The van der Waals surface area contributed by atoms with Gasteiger partial charge < -0.3 is 10.2 Å². The van der Waals surface area contributed by atoms with Gasteiger partial charge in [0.15, 0.2) is 0 Å². The Hall–Kier alpha value is -0.120. The van der Waals surface area contributed by atoms with Crippen LogP contribution in [0.3, 0.4) is 0 Å². The van der Waals surface area contributed by atoms with Crippen molar-refractivity contribution in [3.8, 4) is 0 Å². The van der Waals surface area contributed by atoms with Gasteiger partial charge in [0.05, 0.1) is 0 Å². The van der Waals surface area contributed by atoms with E-state index in [0.717, 1.165) is 17.9 Å². The zero-order valence-corrected chi connectivity index (χ0v) is 14.8. The summed E-state index contributed by atoms with van der Waals surface area (Å²) in [5, 5.41) is 3.92. The van der Waals surface area contributed by atoms with Gasteiger partial charge in [0.25, 0.3) is 0 Å². The predicted octanol–water partition coefficient (Wildman–Crippen LogP) is 2.82. The van der Waals surface area contributed by atoms with Gasteiger partial charge in [0.2, 0.25) is 0 Å². The van der Waals surface area contributed by atoms with Crippen LogP contribution in [0.2, 0.25) is 0 Å². The molecular weight excluding hydrogens is 258 g/mol. The zero-order chi connectivity index (χ0) is 15.2. The number of hydrogen-bond donors (Lipinski definition) is 1. The molecule has 1 aliphatic heterocycles. The Morgan fingerprint density at radius 1 is 1.10 bits per heavy atom. The van der Waals surface area contributed by atoms with Gasteiger partial charge in [-0.3, -0.25) is 4.90 Å². The number of hydrogen-bond acceptors (Lipinski definition) is 3. The van der Waals surface area contributed by atoms with Crippen molar-refractivity contribution < 1.29 is 0 Å². The summed E-state index contributed by atoms with van der Waals surface area (Å²) in [6.07, 6.45) is 7.05. The molecule has 2 fully saturated rings. The Kier molecular flexibility index (Phi) is 6.97. The summed E-state index contributed by atoms with van der Waals surface area (Å²) >= 11 is 0. The van der Waals surface area contributed by atoms with Crippen molar-refractivity contribution in [2.24, 2.45) is 11.8 Å². The third kappa shape index (κ3) is 5.22. The van der Waals surface area contributed by atoms with Gasteiger partial charge in [0.1, 0.15) is 0 Å². The fraction of sp³-hybridized carbons (Fsp3) is 1.00. The highest BCUT2D eigenvalue weighted by atomic mass is 15.3. The van der Waals surface area contributed by atoms with Crippen LogP contribution in [0, 0.1) is 11.8 Å². The summed E-state index contributed by atoms with van der Waals surface area (Å²) < 4.78 is 0. The number of nitrogens with zero attached hydrogens (tertiary/aromatic N) is 2. The second-order valence-electron chi connectivity index (χ2n) is 7.70. The van der Waals surface area contributed by atoms with Crippen LogP contribution < -0.4 is 5.32 Å².